The SMILES string of the molecule is Cc1nc(CSCC(=O)NCc2cccs2)cs1. The predicted octanol–water partition coefficient (Wildman–Crippen LogP) is 3.06. The highest BCUT2D eigenvalue weighted by atomic mass is 32.2. The van der Waals surface area contributed by atoms with Crippen LogP contribution >= 0.6 is 34.4 Å². The normalized spacial score (nSPS) is 10.5. The van der Waals surface area contributed by atoms with Gasteiger partial charge in [-0.15, -0.1) is 34.4 Å². The molecule has 0 aliphatic carbocycles. The topological polar surface area (TPSA) is 42.0 Å². The van der Waals surface area contributed by atoms with E-state index < -0.39 is 0 Å². The van der Waals surface area contributed by atoms with Crippen molar-refractivity contribution in [1.29, 1.82) is 0 Å². The van der Waals surface area contributed by atoms with Crippen molar-refractivity contribution < 1.29 is 4.79 Å². The molecule has 0 atom stereocenters. The van der Waals surface area contributed by atoms with E-state index in [-0.39, 0.29) is 5.91 Å². The number of carbonyl (C=O) groups is 1. The number of hydrogen-bond acceptors (Lipinski definition) is 5. The molecule has 0 spiro atoms. The molecular weight excluding hydrogens is 284 g/mol. The van der Waals surface area contributed by atoms with Crippen LogP contribution in [0.15, 0.2) is 22.9 Å². The zero-order chi connectivity index (χ0) is 12.8. The third-order valence-electron chi connectivity index (χ3n) is 2.19. The van der Waals surface area contributed by atoms with E-state index in [1.165, 1.54) is 4.88 Å². The van der Waals surface area contributed by atoms with Crippen LogP contribution in [0.5, 0.6) is 0 Å². The van der Waals surface area contributed by atoms with E-state index in [2.05, 4.69) is 10.3 Å². The standard InChI is InChI=1S/C12H14N2OS3/c1-9-14-10(7-18-9)6-16-8-12(15)13-5-11-3-2-4-17-11/h2-4,7H,5-6,8H2,1H3,(H,13,15). The lowest BCUT2D eigenvalue weighted by molar-refractivity contribution is -0.118. The molecular formula is C12H14N2OS3. The van der Waals surface area contributed by atoms with Gasteiger partial charge in [0.2, 0.25) is 5.91 Å². The van der Waals surface area contributed by atoms with E-state index in [0.717, 1.165) is 16.5 Å². The number of hydrogen-bond donors (Lipinski definition) is 1. The first-order valence-corrected chi connectivity index (χ1v) is 8.43. The first kappa shape index (κ1) is 13.6. The summed E-state index contributed by atoms with van der Waals surface area (Å²) in [6.45, 7) is 2.62. The van der Waals surface area contributed by atoms with Crippen LogP contribution in [0.25, 0.3) is 0 Å². The van der Waals surface area contributed by atoms with Gasteiger partial charge < -0.3 is 5.32 Å². The van der Waals surface area contributed by atoms with Crippen molar-refractivity contribution >= 4 is 40.3 Å². The Balaban J connectivity index is 1.63. The Hall–Kier alpha value is -0.850. The highest BCUT2D eigenvalue weighted by molar-refractivity contribution is 7.99. The van der Waals surface area contributed by atoms with Gasteiger partial charge in [0.25, 0.3) is 0 Å². The molecule has 2 aromatic rings. The number of aryl methyl sites for hydroxylation is 1. The minimum absolute atomic E-state index is 0.0837. The van der Waals surface area contributed by atoms with Crippen LogP contribution in [0, 0.1) is 6.92 Å². The Labute approximate surface area is 119 Å². The number of carbonyl (C=O) groups excluding carboxylic acids is 1. The van der Waals surface area contributed by atoms with Gasteiger partial charge in [-0.1, -0.05) is 6.07 Å². The molecule has 18 heavy (non-hydrogen) atoms. The summed E-state index contributed by atoms with van der Waals surface area (Å²) in [5, 5.41) is 8.05. The van der Waals surface area contributed by atoms with Crippen molar-refractivity contribution in [1.82, 2.24) is 10.3 Å². The lowest BCUT2D eigenvalue weighted by Gasteiger charge is -2.02. The first-order chi connectivity index (χ1) is 8.74. The Morgan fingerprint density at radius 2 is 2.39 bits per heavy atom. The molecule has 0 aliphatic heterocycles. The van der Waals surface area contributed by atoms with Crippen LogP contribution < -0.4 is 5.32 Å². The van der Waals surface area contributed by atoms with E-state index in [9.17, 15) is 4.79 Å². The van der Waals surface area contributed by atoms with Crippen LogP contribution in [0.4, 0.5) is 0 Å². The van der Waals surface area contributed by atoms with Crippen molar-refractivity contribution in [3.63, 3.8) is 0 Å². The molecule has 0 fully saturated rings. The predicted molar refractivity (Wildman–Crippen MR) is 79.2 cm³/mol. The maximum Gasteiger partial charge on any atom is 0.230 e. The smallest absolute Gasteiger partial charge is 0.230 e. The number of nitrogens with zero attached hydrogens (tertiary/aromatic N) is 1. The highest BCUT2D eigenvalue weighted by Crippen LogP contribution is 2.15. The van der Waals surface area contributed by atoms with Crippen molar-refractivity contribution in [3.05, 3.63) is 38.5 Å². The summed E-state index contributed by atoms with van der Waals surface area (Å²) < 4.78 is 0. The molecule has 0 aliphatic rings. The highest BCUT2D eigenvalue weighted by Gasteiger charge is 2.04. The summed E-state index contributed by atoms with van der Waals surface area (Å²) >= 11 is 4.91. The molecule has 6 heteroatoms. The number of nitrogens with one attached hydrogen (secondary N) is 1. The summed E-state index contributed by atoms with van der Waals surface area (Å²) in [6.07, 6.45) is 0. The molecule has 2 aromatic heterocycles. The maximum absolute atomic E-state index is 11.6. The summed E-state index contributed by atoms with van der Waals surface area (Å²) in [7, 11) is 0. The molecule has 1 amide bonds. The van der Waals surface area contributed by atoms with Gasteiger partial charge >= 0.3 is 0 Å². The van der Waals surface area contributed by atoms with Gasteiger partial charge in [-0.3, -0.25) is 4.79 Å². The van der Waals surface area contributed by atoms with E-state index in [1.807, 2.05) is 29.8 Å². The minimum atomic E-state index is 0.0837. The van der Waals surface area contributed by atoms with Gasteiger partial charge in [0.15, 0.2) is 0 Å². The molecule has 3 nitrogen and oxygen atoms in total. The van der Waals surface area contributed by atoms with Crippen LogP contribution in [0.3, 0.4) is 0 Å². The maximum atomic E-state index is 11.6. The molecule has 2 rings (SSSR count). The number of rotatable bonds is 6. The fraction of sp³-hybridized carbons (Fsp3) is 0.333. The zero-order valence-corrected chi connectivity index (χ0v) is 12.5. The van der Waals surface area contributed by atoms with Gasteiger partial charge in [0, 0.05) is 16.0 Å². The lowest BCUT2D eigenvalue weighted by atomic mass is 10.4. The Morgan fingerprint density at radius 3 is 3.06 bits per heavy atom. The molecule has 0 bridgehead atoms. The second-order valence-electron chi connectivity index (χ2n) is 3.71. The van der Waals surface area contributed by atoms with Gasteiger partial charge in [-0.05, 0) is 18.4 Å². The molecule has 0 saturated heterocycles. The Morgan fingerprint density at radius 1 is 1.50 bits per heavy atom. The largest absolute Gasteiger partial charge is 0.350 e. The van der Waals surface area contributed by atoms with E-state index in [0.29, 0.717) is 12.3 Å². The quantitative estimate of drug-likeness (QED) is 0.891. The third-order valence-corrected chi connectivity index (χ3v) is 4.85. The molecule has 96 valence electrons. The van der Waals surface area contributed by atoms with E-state index in [1.54, 1.807) is 34.4 Å². The zero-order valence-electron chi connectivity index (χ0n) is 10.0. The molecule has 2 heterocycles. The second kappa shape index (κ2) is 6.92. The van der Waals surface area contributed by atoms with Gasteiger partial charge in [-0.25, -0.2) is 4.98 Å². The summed E-state index contributed by atoms with van der Waals surface area (Å²) in [6, 6.07) is 4.02. The van der Waals surface area contributed by atoms with E-state index in [4.69, 9.17) is 0 Å². The van der Waals surface area contributed by atoms with Crippen LogP contribution in [-0.4, -0.2) is 16.6 Å². The van der Waals surface area contributed by atoms with Crippen molar-refractivity contribution in [2.24, 2.45) is 0 Å². The summed E-state index contributed by atoms with van der Waals surface area (Å²) in [5.41, 5.74) is 1.06. The molecule has 0 unspecified atom stereocenters. The molecule has 0 radical (unpaired) electrons. The van der Waals surface area contributed by atoms with Crippen LogP contribution in [0.2, 0.25) is 0 Å². The molecule has 0 aromatic carbocycles. The van der Waals surface area contributed by atoms with Crippen molar-refractivity contribution in [2.45, 2.75) is 19.2 Å². The number of aromatic nitrogens is 1. The molecule has 1 N–H and O–H groups in total. The number of amides is 1. The fourth-order valence-electron chi connectivity index (χ4n) is 1.37. The fourth-order valence-corrected chi connectivity index (χ4v) is 3.48. The average Bonchev–Trinajstić information content (AvgIpc) is 2.98. The van der Waals surface area contributed by atoms with Crippen LogP contribution in [0.1, 0.15) is 15.6 Å². The van der Waals surface area contributed by atoms with Crippen molar-refractivity contribution in [3.8, 4) is 0 Å². The van der Waals surface area contributed by atoms with E-state index >= 15 is 0 Å². The number of thiophene rings is 1. The first-order valence-electron chi connectivity index (χ1n) is 5.52. The Kier molecular flexibility index (Phi) is 5.22. The average molecular weight is 298 g/mol. The monoisotopic (exact) mass is 298 g/mol. The van der Waals surface area contributed by atoms with Crippen molar-refractivity contribution in [2.75, 3.05) is 5.75 Å². The number of thioether (sulfide) groups is 1. The Bertz CT molecular complexity index is 493. The second-order valence-corrected chi connectivity index (χ2v) is 6.79. The van der Waals surface area contributed by atoms with Gasteiger partial charge in [0.1, 0.15) is 0 Å². The lowest BCUT2D eigenvalue weighted by Crippen LogP contribution is -2.24. The summed E-state index contributed by atoms with van der Waals surface area (Å²) in [5.74, 6) is 1.37. The third kappa shape index (κ3) is 4.44. The van der Waals surface area contributed by atoms with Gasteiger partial charge in [0.05, 0.1) is 23.0 Å². The van der Waals surface area contributed by atoms with Gasteiger partial charge in [-0.2, -0.15) is 0 Å². The van der Waals surface area contributed by atoms with Crippen LogP contribution in [-0.2, 0) is 17.1 Å². The minimum Gasteiger partial charge on any atom is -0.350 e. The molecule has 0 saturated carbocycles. The number of thiazole rings is 1. The summed E-state index contributed by atoms with van der Waals surface area (Å²) in [4.78, 5) is 17.1.